The fourth-order valence-electron chi connectivity index (χ4n) is 4.85. The molecule has 0 bridgehead atoms. The van der Waals surface area contributed by atoms with Gasteiger partial charge in [-0.05, 0) is 70.3 Å². The topological polar surface area (TPSA) is 86.0 Å². The zero-order valence-corrected chi connectivity index (χ0v) is 20.2. The van der Waals surface area contributed by atoms with Crippen LogP contribution in [-0.4, -0.2) is 67.0 Å². The van der Waals surface area contributed by atoms with E-state index in [0.29, 0.717) is 0 Å². The van der Waals surface area contributed by atoms with E-state index in [-0.39, 0.29) is 17.4 Å². The number of nitrogens with zero attached hydrogens (tertiary/aromatic N) is 3. The molecule has 0 radical (unpaired) electrons. The second-order valence-electron chi connectivity index (χ2n) is 9.94. The number of aliphatic imine (C=N–C) groups is 1. The van der Waals surface area contributed by atoms with Crippen molar-refractivity contribution >= 4 is 11.9 Å². The van der Waals surface area contributed by atoms with E-state index in [9.17, 15) is 4.79 Å². The van der Waals surface area contributed by atoms with Crippen LogP contribution in [0.4, 0.5) is 0 Å². The zero-order valence-electron chi connectivity index (χ0n) is 20.2. The SMILES string of the molecule is CN=C(NCc1cccc(CN2CCCC(C(N)=O)C2)c1)NCC(C)(C)N1CCCCC1. The van der Waals surface area contributed by atoms with E-state index < -0.39 is 0 Å². The van der Waals surface area contributed by atoms with E-state index in [1.165, 1.54) is 43.5 Å². The molecule has 2 fully saturated rings. The molecule has 0 saturated carbocycles. The van der Waals surface area contributed by atoms with Gasteiger partial charge in [0.25, 0.3) is 0 Å². The molecule has 3 rings (SSSR count). The molecule has 0 aliphatic carbocycles. The maximum atomic E-state index is 11.6. The highest BCUT2D eigenvalue weighted by Crippen LogP contribution is 2.20. The molecule has 7 nitrogen and oxygen atoms in total. The summed E-state index contributed by atoms with van der Waals surface area (Å²) in [5.74, 6) is 0.646. The minimum atomic E-state index is -0.171. The summed E-state index contributed by atoms with van der Waals surface area (Å²) in [6.07, 6.45) is 5.90. The van der Waals surface area contributed by atoms with E-state index in [4.69, 9.17) is 5.73 Å². The molecule has 32 heavy (non-hydrogen) atoms. The quantitative estimate of drug-likeness (QED) is 0.425. The van der Waals surface area contributed by atoms with Gasteiger partial charge < -0.3 is 16.4 Å². The van der Waals surface area contributed by atoms with Crippen LogP contribution >= 0.6 is 0 Å². The summed E-state index contributed by atoms with van der Waals surface area (Å²) in [4.78, 5) is 20.9. The lowest BCUT2D eigenvalue weighted by molar-refractivity contribution is -0.123. The highest BCUT2D eigenvalue weighted by atomic mass is 16.1. The molecule has 2 aliphatic heterocycles. The van der Waals surface area contributed by atoms with Crippen molar-refractivity contribution in [2.75, 3.05) is 39.8 Å². The molecule has 1 amide bonds. The van der Waals surface area contributed by atoms with Gasteiger partial charge in [0.2, 0.25) is 5.91 Å². The highest BCUT2D eigenvalue weighted by Gasteiger charge is 2.28. The van der Waals surface area contributed by atoms with Crippen LogP contribution in [0.15, 0.2) is 29.3 Å². The molecule has 0 aromatic heterocycles. The van der Waals surface area contributed by atoms with Crippen molar-refractivity contribution < 1.29 is 4.79 Å². The fraction of sp³-hybridized carbons (Fsp3) is 0.680. The van der Waals surface area contributed by atoms with Gasteiger partial charge in [0.05, 0.1) is 5.92 Å². The second kappa shape index (κ2) is 11.7. The summed E-state index contributed by atoms with van der Waals surface area (Å²) in [6, 6.07) is 8.65. The molecule has 4 N–H and O–H groups in total. The third kappa shape index (κ3) is 7.20. The first-order valence-electron chi connectivity index (χ1n) is 12.2. The van der Waals surface area contributed by atoms with Crippen LogP contribution in [0.3, 0.4) is 0 Å². The van der Waals surface area contributed by atoms with Crippen molar-refractivity contribution in [1.82, 2.24) is 20.4 Å². The number of guanidine groups is 1. The van der Waals surface area contributed by atoms with Crippen LogP contribution in [0.2, 0.25) is 0 Å². The van der Waals surface area contributed by atoms with E-state index in [1.807, 2.05) is 7.05 Å². The van der Waals surface area contributed by atoms with Gasteiger partial charge in [-0.15, -0.1) is 0 Å². The van der Waals surface area contributed by atoms with Gasteiger partial charge in [-0.1, -0.05) is 30.7 Å². The van der Waals surface area contributed by atoms with Gasteiger partial charge in [-0.2, -0.15) is 0 Å². The maximum Gasteiger partial charge on any atom is 0.221 e. The molecule has 2 saturated heterocycles. The number of primary amides is 1. The lowest BCUT2D eigenvalue weighted by Crippen LogP contribution is -2.54. The monoisotopic (exact) mass is 442 g/mol. The van der Waals surface area contributed by atoms with Crippen molar-refractivity contribution in [1.29, 1.82) is 0 Å². The van der Waals surface area contributed by atoms with Crippen molar-refractivity contribution in [2.24, 2.45) is 16.6 Å². The molecule has 178 valence electrons. The van der Waals surface area contributed by atoms with Crippen LogP contribution < -0.4 is 16.4 Å². The van der Waals surface area contributed by atoms with Crippen molar-refractivity contribution in [3.05, 3.63) is 35.4 Å². The first-order chi connectivity index (χ1) is 15.4. The predicted octanol–water partition coefficient (Wildman–Crippen LogP) is 2.31. The summed E-state index contributed by atoms with van der Waals surface area (Å²) in [5, 5.41) is 6.98. The Labute approximate surface area is 193 Å². The lowest BCUT2D eigenvalue weighted by Gasteiger charge is -2.41. The Morgan fingerprint density at radius 1 is 1.12 bits per heavy atom. The van der Waals surface area contributed by atoms with Gasteiger partial charge >= 0.3 is 0 Å². The Morgan fingerprint density at radius 3 is 2.59 bits per heavy atom. The van der Waals surface area contributed by atoms with Crippen LogP contribution in [0.5, 0.6) is 0 Å². The summed E-state index contributed by atoms with van der Waals surface area (Å²) < 4.78 is 0. The number of carbonyl (C=O) groups is 1. The van der Waals surface area contributed by atoms with Crippen LogP contribution in [0.25, 0.3) is 0 Å². The highest BCUT2D eigenvalue weighted by molar-refractivity contribution is 5.79. The number of amides is 1. The summed E-state index contributed by atoms with van der Waals surface area (Å²) in [5.41, 5.74) is 8.13. The normalized spacial score (nSPS) is 21.3. The van der Waals surface area contributed by atoms with E-state index in [0.717, 1.165) is 51.5 Å². The number of hydrogen-bond acceptors (Lipinski definition) is 4. The van der Waals surface area contributed by atoms with Crippen molar-refractivity contribution in [3.8, 4) is 0 Å². The molecule has 1 unspecified atom stereocenters. The van der Waals surface area contributed by atoms with Crippen LogP contribution in [0, 0.1) is 5.92 Å². The average Bonchev–Trinajstić information content (AvgIpc) is 2.80. The minimum Gasteiger partial charge on any atom is -0.369 e. The molecular weight excluding hydrogens is 400 g/mol. The Bertz CT molecular complexity index is 771. The van der Waals surface area contributed by atoms with Gasteiger partial charge in [-0.25, -0.2) is 0 Å². The van der Waals surface area contributed by atoms with Crippen molar-refractivity contribution in [2.45, 2.75) is 64.6 Å². The lowest BCUT2D eigenvalue weighted by atomic mass is 9.97. The number of carbonyl (C=O) groups excluding carboxylic acids is 1. The standard InChI is InChI=1S/C25H42N6O/c1-25(2,31-13-5-4-6-14-31)19-29-24(27-3)28-16-20-9-7-10-21(15-20)17-30-12-8-11-22(18-30)23(26)32/h7,9-10,15,22H,4-6,8,11-14,16-19H2,1-3H3,(H2,26,32)(H2,27,28,29). The van der Waals surface area contributed by atoms with Crippen LogP contribution in [0.1, 0.15) is 57.1 Å². The molecule has 1 atom stereocenters. The molecule has 2 heterocycles. The summed E-state index contributed by atoms with van der Waals surface area (Å²) >= 11 is 0. The maximum absolute atomic E-state index is 11.6. The van der Waals surface area contributed by atoms with Gasteiger partial charge in [-0.3, -0.25) is 19.6 Å². The molecule has 7 heteroatoms. The summed E-state index contributed by atoms with van der Waals surface area (Å²) in [7, 11) is 1.82. The number of piperidine rings is 2. The van der Waals surface area contributed by atoms with E-state index >= 15 is 0 Å². The number of benzene rings is 1. The second-order valence-corrected chi connectivity index (χ2v) is 9.94. The largest absolute Gasteiger partial charge is 0.369 e. The first-order valence-corrected chi connectivity index (χ1v) is 12.2. The summed E-state index contributed by atoms with van der Waals surface area (Å²) in [6.45, 7) is 11.2. The molecule has 2 aliphatic rings. The Morgan fingerprint density at radius 2 is 1.88 bits per heavy atom. The predicted molar refractivity (Wildman–Crippen MR) is 131 cm³/mol. The zero-order chi connectivity index (χ0) is 23.0. The minimum absolute atomic E-state index is 0.0165. The Hall–Kier alpha value is -2.12. The Balaban J connectivity index is 1.48. The number of hydrogen-bond donors (Lipinski definition) is 3. The molecule has 0 spiro atoms. The van der Waals surface area contributed by atoms with E-state index in [1.54, 1.807) is 0 Å². The molecule has 1 aromatic carbocycles. The smallest absolute Gasteiger partial charge is 0.221 e. The molecular formula is C25H42N6O. The number of likely N-dealkylation sites (tertiary alicyclic amines) is 2. The number of nitrogens with one attached hydrogen (secondary N) is 2. The third-order valence-corrected chi connectivity index (χ3v) is 6.89. The number of rotatable bonds is 8. The Kier molecular flexibility index (Phi) is 8.93. The third-order valence-electron chi connectivity index (χ3n) is 6.89. The van der Waals surface area contributed by atoms with E-state index in [2.05, 4.69) is 63.5 Å². The van der Waals surface area contributed by atoms with Crippen LogP contribution in [-0.2, 0) is 17.9 Å². The van der Waals surface area contributed by atoms with Crippen molar-refractivity contribution in [3.63, 3.8) is 0 Å². The average molecular weight is 443 g/mol. The van der Waals surface area contributed by atoms with Gasteiger partial charge in [0.15, 0.2) is 5.96 Å². The first kappa shape index (κ1) is 24.5. The van der Waals surface area contributed by atoms with Gasteiger partial charge in [0, 0.05) is 38.8 Å². The molecule has 1 aromatic rings. The number of nitrogens with two attached hydrogens (primary N) is 1. The van der Waals surface area contributed by atoms with Gasteiger partial charge in [0.1, 0.15) is 0 Å². The fourth-order valence-corrected chi connectivity index (χ4v) is 4.85.